The Bertz CT molecular complexity index is 602. The molecule has 3 rings (SSSR count). The van der Waals surface area contributed by atoms with Gasteiger partial charge in [-0.1, -0.05) is 0 Å². The van der Waals surface area contributed by atoms with E-state index in [1.807, 2.05) is 6.92 Å². The van der Waals surface area contributed by atoms with Crippen molar-refractivity contribution in [3.63, 3.8) is 0 Å². The van der Waals surface area contributed by atoms with Crippen molar-refractivity contribution in [3.8, 4) is 0 Å². The van der Waals surface area contributed by atoms with Gasteiger partial charge in [0.1, 0.15) is 11.3 Å². The normalized spacial score (nSPS) is 15.0. The van der Waals surface area contributed by atoms with Gasteiger partial charge in [-0.05, 0) is 68.4 Å². The van der Waals surface area contributed by atoms with E-state index in [2.05, 4.69) is 18.0 Å². The molecule has 0 saturated carbocycles. The number of rotatable bonds is 0. The van der Waals surface area contributed by atoms with Crippen LogP contribution in [0.1, 0.15) is 35.2 Å². The van der Waals surface area contributed by atoms with Crippen LogP contribution in [0.4, 0.5) is 4.39 Å². The zero-order chi connectivity index (χ0) is 12.0. The van der Waals surface area contributed by atoms with Crippen LogP contribution < -0.4 is 0 Å². The molecule has 2 heteroatoms. The van der Waals surface area contributed by atoms with E-state index in [0.29, 0.717) is 5.52 Å². The van der Waals surface area contributed by atoms with Gasteiger partial charge in [-0.2, -0.15) is 0 Å². The zero-order valence-electron chi connectivity index (χ0n) is 10.3. The molecular formula is C15H16FN. The van der Waals surface area contributed by atoms with Gasteiger partial charge in [0.15, 0.2) is 0 Å². The lowest BCUT2D eigenvalue weighted by atomic mass is 9.90. The van der Waals surface area contributed by atoms with Gasteiger partial charge in [0.25, 0.3) is 0 Å². The smallest absolute Gasteiger partial charge is 0.149 e. The third-order valence-electron chi connectivity index (χ3n) is 3.75. The predicted molar refractivity (Wildman–Crippen MR) is 67.8 cm³/mol. The van der Waals surface area contributed by atoms with Crippen LogP contribution in [0.2, 0.25) is 0 Å². The van der Waals surface area contributed by atoms with Crippen molar-refractivity contribution < 1.29 is 4.39 Å². The summed E-state index contributed by atoms with van der Waals surface area (Å²) in [4.78, 5) is 4.54. The molecule has 0 N–H and O–H groups in total. The maximum atomic E-state index is 13.9. The first-order valence-corrected chi connectivity index (χ1v) is 6.25. The fourth-order valence-electron chi connectivity index (χ4n) is 2.85. The van der Waals surface area contributed by atoms with Crippen molar-refractivity contribution in [2.45, 2.75) is 39.5 Å². The second kappa shape index (κ2) is 3.80. The minimum Gasteiger partial charge on any atom is -0.249 e. The highest BCUT2D eigenvalue weighted by Gasteiger charge is 2.17. The molecule has 1 aliphatic carbocycles. The number of benzene rings is 1. The van der Waals surface area contributed by atoms with Crippen molar-refractivity contribution in [3.05, 3.63) is 40.3 Å². The predicted octanol–water partition coefficient (Wildman–Crippen LogP) is 3.87. The molecule has 0 atom stereocenters. The second-order valence-electron chi connectivity index (χ2n) is 5.01. The average molecular weight is 229 g/mol. The van der Waals surface area contributed by atoms with E-state index in [9.17, 15) is 4.39 Å². The molecule has 0 saturated heterocycles. The summed E-state index contributed by atoms with van der Waals surface area (Å²) in [6, 6.07) is 3.62. The monoisotopic (exact) mass is 229 g/mol. The van der Waals surface area contributed by atoms with E-state index in [0.717, 1.165) is 29.5 Å². The fraction of sp³-hybridized carbons (Fsp3) is 0.400. The average Bonchev–Trinajstić information content (AvgIpc) is 2.31. The summed E-state index contributed by atoms with van der Waals surface area (Å²) >= 11 is 0. The lowest BCUT2D eigenvalue weighted by molar-refractivity contribution is 0.630. The lowest BCUT2D eigenvalue weighted by Gasteiger charge is -2.19. The van der Waals surface area contributed by atoms with E-state index in [-0.39, 0.29) is 5.82 Å². The van der Waals surface area contributed by atoms with E-state index in [1.54, 1.807) is 6.07 Å². The largest absolute Gasteiger partial charge is 0.249 e. The Morgan fingerprint density at radius 2 is 1.88 bits per heavy atom. The van der Waals surface area contributed by atoms with Crippen molar-refractivity contribution in [1.29, 1.82) is 0 Å². The van der Waals surface area contributed by atoms with Gasteiger partial charge >= 0.3 is 0 Å². The van der Waals surface area contributed by atoms with E-state index in [1.165, 1.54) is 24.0 Å². The van der Waals surface area contributed by atoms with Crippen LogP contribution in [0.15, 0.2) is 12.1 Å². The van der Waals surface area contributed by atoms with Crippen LogP contribution in [-0.2, 0) is 12.8 Å². The number of aryl methyl sites for hydroxylation is 3. The molecule has 1 aromatic carbocycles. The summed E-state index contributed by atoms with van der Waals surface area (Å²) in [5.74, 6) is -0.184. The molecule has 17 heavy (non-hydrogen) atoms. The minimum atomic E-state index is -0.184. The molecule has 1 aromatic heterocycles. The molecule has 0 aliphatic heterocycles. The first-order valence-electron chi connectivity index (χ1n) is 6.25. The van der Waals surface area contributed by atoms with Gasteiger partial charge in [0.05, 0.1) is 0 Å². The third-order valence-corrected chi connectivity index (χ3v) is 3.75. The molecule has 88 valence electrons. The summed E-state index contributed by atoms with van der Waals surface area (Å²) in [5, 5.41) is 0.989. The number of hydrogen-bond donors (Lipinski definition) is 0. The maximum absolute atomic E-state index is 13.9. The summed E-state index contributed by atoms with van der Waals surface area (Å²) in [6.45, 7) is 4.04. The van der Waals surface area contributed by atoms with Crippen LogP contribution in [0.5, 0.6) is 0 Å². The highest BCUT2D eigenvalue weighted by Crippen LogP contribution is 2.30. The molecule has 0 radical (unpaired) electrons. The Hall–Kier alpha value is -1.44. The van der Waals surface area contributed by atoms with Gasteiger partial charge in [-0.15, -0.1) is 0 Å². The Balaban J connectivity index is 2.40. The highest BCUT2D eigenvalue weighted by molar-refractivity contribution is 5.84. The Morgan fingerprint density at radius 3 is 2.71 bits per heavy atom. The molecule has 0 fully saturated rings. The topological polar surface area (TPSA) is 12.9 Å². The number of fused-ring (bicyclic) bond motifs is 2. The number of halogens is 1. The van der Waals surface area contributed by atoms with Gasteiger partial charge in [-0.3, -0.25) is 0 Å². The maximum Gasteiger partial charge on any atom is 0.149 e. The SMILES string of the molecule is Cc1cc(F)c2nc3c(c(C)c2c1)CCCC3. The number of pyridine rings is 1. The molecule has 1 nitrogen and oxygen atoms in total. The van der Waals surface area contributed by atoms with Crippen LogP contribution in [0.3, 0.4) is 0 Å². The van der Waals surface area contributed by atoms with E-state index in [4.69, 9.17) is 0 Å². The van der Waals surface area contributed by atoms with Crippen molar-refractivity contribution in [1.82, 2.24) is 4.98 Å². The number of hydrogen-bond acceptors (Lipinski definition) is 1. The molecule has 0 amide bonds. The molecule has 0 unspecified atom stereocenters. The Kier molecular flexibility index (Phi) is 2.39. The van der Waals surface area contributed by atoms with Crippen molar-refractivity contribution in [2.24, 2.45) is 0 Å². The summed E-state index contributed by atoms with van der Waals surface area (Å²) in [6.07, 6.45) is 4.51. The summed E-state index contributed by atoms with van der Waals surface area (Å²) in [7, 11) is 0. The first kappa shape index (κ1) is 10.7. The van der Waals surface area contributed by atoms with Crippen molar-refractivity contribution >= 4 is 10.9 Å². The number of aromatic nitrogens is 1. The Morgan fingerprint density at radius 1 is 1.12 bits per heavy atom. The van der Waals surface area contributed by atoms with Crippen LogP contribution in [-0.4, -0.2) is 4.98 Å². The highest BCUT2D eigenvalue weighted by atomic mass is 19.1. The van der Waals surface area contributed by atoms with Gasteiger partial charge in [-0.25, -0.2) is 9.37 Å². The summed E-state index contributed by atoms with van der Waals surface area (Å²) < 4.78 is 13.9. The van der Waals surface area contributed by atoms with E-state index >= 15 is 0 Å². The van der Waals surface area contributed by atoms with Gasteiger partial charge < -0.3 is 0 Å². The second-order valence-corrected chi connectivity index (χ2v) is 5.01. The minimum absolute atomic E-state index is 0.184. The Labute approximate surface area is 101 Å². The molecule has 1 aliphatic rings. The fourth-order valence-corrected chi connectivity index (χ4v) is 2.85. The molecule has 1 heterocycles. The lowest BCUT2D eigenvalue weighted by Crippen LogP contribution is -2.08. The first-order chi connectivity index (χ1) is 8.16. The third kappa shape index (κ3) is 1.63. The quantitative estimate of drug-likeness (QED) is 0.668. The van der Waals surface area contributed by atoms with Crippen molar-refractivity contribution in [2.75, 3.05) is 0 Å². The van der Waals surface area contributed by atoms with Gasteiger partial charge in [0, 0.05) is 11.1 Å². The van der Waals surface area contributed by atoms with E-state index < -0.39 is 0 Å². The van der Waals surface area contributed by atoms with Crippen LogP contribution in [0, 0.1) is 19.7 Å². The van der Waals surface area contributed by atoms with Crippen LogP contribution >= 0.6 is 0 Å². The van der Waals surface area contributed by atoms with Crippen LogP contribution in [0.25, 0.3) is 10.9 Å². The van der Waals surface area contributed by atoms with Gasteiger partial charge in [0.2, 0.25) is 0 Å². The molecule has 0 spiro atoms. The molecule has 0 bridgehead atoms. The zero-order valence-corrected chi connectivity index (χ0v) is 10.3. The number of nitrogens with zero attached hydrogens (tertiary/aromatic N) is 1. The standard InChI is InChI=1S/C15H16FN/c1-9-7-12-10(2)11-5-3-4-6-14(11)17-15(12)13(16)8-9/h7-8H,3-6H2,1-2H3. The summed E-state index contributed by atoms with van der Waals surface area (Å²) in [5.41, 5.74) is 5.22. The molecular weight excluding hydrogens is 213 g/mol. The molecule has 2 aromatic rings.